The van der Waals surface area contributed by atoms with Crippen molar-refractivity contribution in [2.45, 2.75) is 20.3 Å². The van der Waals surface area contributed by atoms with Crippen molar-refractivity contribution in [3.63, 3.8) is 0 Å². The number of nitrogens with zero attached hydrogens (tertiary/aromatic N) is 1. The van der Waals surface area contributed by atoms with Gasteiger partial charge in [0.15, 0.2) is 0 Å². The third-order valence-corrected chi connectivity index (χ3v) is 3.11. The lowest BCUT2D eigenvalue weighted by atomic mass is 10.1. The average molecular weight is 271 g/mol. The second kappa shape index (κ2) is 6.33. The van der Waals surface area contributed by atoms with E-state index in [1.165, 1.54) is 12.1 Å². The first kappa shape index (κ1) is 14.3. The third kappa shape index (κ3) is 3.05. The van der Waals surface area contributed by atoms with Gasteiger partial charge in [-0.3, -0.25) is 4.79 Å². The largest absolute Gasteiger partial charge is 0.308 e. The molecule has 3 heteroatoms. The van der Waals surface area contributed by atoms with Crippen LogP contribution in [0.3, 0.4) is 0 Å². The first-order valence-electron chi connectivity index (χ1n) is 6.76. The molecular formula is C17H18FNO. The second-order valence-corrected chi connectivity index (χ2v) is 4.78. The van der Waals surface area contributed by atoms with Gasteiger partial charge in [-0.2, -0.15) is 0 Å². The summed E-state index contributed by atoms with van der Waals surface area (Å²) in [5.74, 6) is -0.776. The molecule has 0 heterocycles. The Morgan fingerprint density at radius 1 is 1.15 bits per heavy atom. The molecule has 0 N–H and O–H groups in total. The van der Waals surface area contributed by atoms with Gasteiger partial charge in [0, 0.05) is 12.2 Å². The van der Waals surface area contributed by atoms with E-state index >= 15 is 0 Å². The van der Waals surface area contributed by atoms with Crippen LogP contribution in [0.4, 0.5) is 10.1 Å². The minimum Gasteiger partial charge on any atom is -0.308 e. The minimum absolute atomic E-state index is 0.113. The Morgan fingerprint density at radius 3 is 2.55 bits per heavy atom. The Hall–Kier alpha value is -2.16. The molecule has 2 aromatic rings. The zero-order valence-corrected chi connectivity index (χ0v) is 11.8. The molecule has 0 atom stereocenters. The van der Waals surface area contributed by atoms with Gasteiger partial charge in [-0.25, -0.2) is 4.39 Å². The van der Waals surface area contributed by atoms with Crippen molar-refractivity contribution in [3.8, 4) is 0 Å². The predicted octanol–water partition coefficient (Wildman–Crippen LogP) is 4.19. The van der Waals surface area contributed by atoms with Gasteiger partial charge in [-0.05, 0) is 43.2 Å². The number of hydrogen-bond donors (Lipinski definition) is 0. The van der Waals surface area contributed by atoms with E-state index in [9.17, 15) is 9.18 Å². The van der Waals surface area contributed by atoms with Crippen molar-refractivity contribution in [3.05, 3.63) is 65.5 Å². The Morgan fingerprint density at radius 2 is 1.90 bits per heavy atom. The van der Waals surface area contributed by atoms with E-state index in [1.54, 1.807) is 17.0 Å². The van der Waals surface area contributed by atoms with Crippen LogP contribution in [0.25, 0.3) is 0 Å². The van der Waals surface area contributed by atoms with Crippen LogP contribution in [-0.4, -0.2) is 12.5 Å². The minimum atomic E-state index is -0.480. The van der Waals surface area contributed by atoms with Crippen molar-refractivity contribution < 1.29 is 9.18 Å². The lowest BCUT2D eigenvalue weighted by Crippen LogP contribution is -2.32. The zero-order valence-electron chi connectivity index (χ0n) is 11.8. The molecule has 0 fully saturated rings. The highest BCUT2D eigenvalue weighted by Crippen LogP contribution is 2.20. The van der Waals surface area contributed by atoms with Crippen molar-refractivity contribution in [1.82, 2.24) is 0 Å². The summed E-state index contributed by atoms with van der Waals surface area (Å²) in [7, 11) is 0. The molecule has 104 valence electrons. The van der Waals surface area contributed by atoms with Gasteiger partial charge >= 0.3 is 0 Å². The van der Waals surface area contributed by atoms with Crippen LogP contribution in [0, 0.1) is 12.7 Å². The van der Waals surface area contributed by atoms with Gasteiger partial charge in [0.05, 0.1) is 5.56 Å². The summed E-state index contributed by atoms with van der Waals surface area (Å²) in [6.07, 6.45) is 0.814. The fourth-order valence-corrected chi connectivity index (χ4v) is 2.15. The molecule has 0 bridgehead atoms. The summed E-state index contributed by atoms with van der Waals surface area (Å²) in [6, 6.07) is 13.8. The molecule has 0 saturated heterocycles. The maximum absolute atomic E-state index is 13.8. The summed E-state index contributed by atoms with van der Waals surface area (Å²) in [5.41, 5.74) is 1.99. The highest BCUT2D eigenvalue weighted by molar-refractivity contribution is 6.06. The summed E-state index contributed by atoms with van der Waals surface area (Å²) >= 11 is 0. The van der Waals surface area contributed by atoms with E-state index in [4.69, 9.17) is 0 Å². The van der Waals surface area contributed by atoms with Gasteiger partial charge in [-0.1, -0.05) is 31.2 Å². The topological polar surface area (TPSA) is 20.3 Å². The number of carbonyl (C=O) groups excluding carboxylic acids is 1. The van der Waals surface area contributed by atoms with E-state index in [0.29, 0.717) is 6.54 Å². The van der Waals surface area contributed by atoms with Crippen LogP contribution in [0.2, 0.25) is 0 Å². The zero-order chi connectivity index (χ0) is 14.5. The quantitative estimate of drug-likeness (QED) is 0.816. The second-order valence-electron chi connectivity index (χ2n) is 4.78. The number of benzene rings is 2. The highest BCUT2D eigenvalue weighted by Gasteiger charge is 2.19. The molecule has 0 spiro atoms. The smallest absolute Gasteiger partial charge is 0.261 e. The summed E-state index contributed by atoms with van der Waals surface area (Å²) < 4.78 is 13.8. The van der Waals surface area contributed by atoms with Crippen LogP contribution in [0.5, 0.6) is 0 Å². The summed E-state index contributed by atoms with van der Waals surface area (Å²) in [4.78, 5) is 14.2. The maximum Gasteiger partial charge on any atom is 0.261 e. The number of anilines is 1. The van der Waals surface area contributed by atoms with E-state index < -0.39 is 5.82 Å². The number of amides is 1. The van der Waals surface area contributed by atoms with Gasteiger partial charge < -0.3 is 4.90 Å². The average Bonchev–Trinajstić information content (AvgIpc) is 2.44. The van der Waals surface area contributed by atoms with Crippen molar-refractivity contribution in [1.29, 1.82) is 0 Å². The number of carbonyl (C=O) groups is 1. The SMILES string of the molecule is CCCN(C(=O)c1ccccc1F)c1cccc(C)c1. The monoisotopic (exact) mass is 271 g/mol. The molecule has 0 unspecified atom stereocenters. The Balaban J connectivity index is 2.39. The number of rotatable bonds is 4. The van der Waals surface area contributed by atoms with Crippen molar-refractivity contribution in [2.75, 3.05) is 11.4 Å². The van der Waals surface area contributed by atoms with Crippen molar-refractivity contribution >= 4 is 11.6 Å². The molecule has 0 radical (unpaired) electrons. The Labute approximate surface area is 118 Å². The predicted molar refractivity (Wildman–Crippen MR) is 79.5 cm³/mol. The molecule has 0 saturated carbocycles. The molecule has 0 aliphatic rings. The third-order valence-electron chi connectivity index (χ3n) is 3.11. The molecule has 0 aliphatic carbocycles. The van der Waals surface area contributed by atoms with Crippen LogP contribution in [-0.2, 0) is 0 Å². The molecule has 2 nitrogen and oxygen atoms in total. The van der Waals surface area contributed by atoms with E-state index in [1.807, 2.05) is 38.1 Å². The molecule has 2 rings (SSSR count). The first-order valence-corrected chi connectivity index (χ1v) is 6.76. The van der Waals surface area contributed by atoms with Gasteiger partial charge in [0.25, 0.3) is 5.91 Å². The van der Waals surface area contributed by atoms with Crippen LogP contribution < -0.4 is 4.90 Å². The van der Waals surface area contributed by atoms with Crippen LogP contribution in [0.15, 0.2) is 48.5 Å². The van der Waals surface area contributed by atoms with Gasteiger partial charge in [0.1, 0.15) is 5.82 Å². The van der Waals surface area contributed by atoms with Gasteiger partial charge in [0.2, 0.25) is 0 Å². The van der Waals surface area contributed by atoms with Crippen molar-refractivity contribution in [2.24, 2.45) is 0 Å². The number of hydrogen-bond acceptors (Lipinski definition) is 1. The first-order chi connectivity index (χ1) is 9.63. The number of halogens is 1. The van der Waals surface area contributed by atoms with E-state index in [-0.39, 0.29) is 11.5 Å². The number of aryl methyl sites for hydroxylation is 1. The fourth-order valence-electron chi connectivity index (χ4n) is 2.15. The molecule has 20 heavy (non-hydrogen) atoms. The van der Waals surface area contributed by atoms with Crippen LogP contribution in [0.1, 0.15) is 29.3 Å². The lowest BCUT2D eigenvalue weighted by Gasteiger charge is -2.23. The van der Waals surface area contributed by atoms with Crippen LogP contribution >= 0.6 is 0 Å². The standard InChI is InChI=1S/C17H18FNO/c1-3-11-19(14-8-6-7-13(2)12-14)17(20)15-9-4-5-10-16(15)18/h4-10,12H,3,11H2,1-2H3. The van der Waals surface area contributed by atoms with Gasteiger partial charge in [-0.15, -0.1) is 0 Å². The normalized spacial score (nSPS) is 10.3. The molecule has 1 amide bonds. The summed E-state index contributed by atoms with van der Waals surface area (Å²) in [5, 5.41) is 0. The fraction of sp³-hybridized carbons (Fsp3) is 0.235. The molecule has 0 aliphatic heterocycles. The Bertz CT molecular complexity index is 609. The molecule has 2 aromatic carbocycles. The Kier molecular flexibility index (Phi) is 4.51. The highest BCUT2D eigenvalue weighted by atomic mass is 19.1. The summed E-state index contributed by atoms with van der Waals surface area (Å²) in [6.45, 7) is 4.54. The van der Waals surface area contributed by atoms with E-state index in [0.717, 1.165) is 17.7 Å². The molecular weight excluding hydrogens is 253 g/mol. The maximum atomic E-state index is 13.8. The molecule has 0 aromatic heterocycles. The van der Waals surface area contributed by atoms with E-state index in [2.05, 4.69) is 0 Å². The lowest BCUT2D eigenvalue weighted by molar-refractivity contribution is 0.0983.